The predicted molar refractivity (Wildman–Crippen MR) is 87.7 cm³/mol. The summed E-state index contributed by atoms with van der Waals surface area (Å²) in [6.07, 6.45) is 6.77. The highest BCUT2D eigenvalue weighted by Crippen LogP contribution is 2.35. The number of aryl methyl sites for hydroxylation is 2. The van der Waals surface area contributed by atoms with Crippen LogP contribution in [0.2, 0.25) is 0 Å². The van der Waals surface area contributed by atoms with Crippen LogP contribution in [0.3, 0.4) is 0 Å². The molecular weight excluding hydrogens is 262 g/mol. The zero-order chi connectivity index (χ0) is 14.9. The number of pyridine rings is 1. The lowest BCUT2D eigenvalue weighted by atomic mass is 9.86. The van der Waals surface area contributed by atoms with Crippen molar-refractivity contribution in [1.29, 1.82) is 0 Å². The summed E-state index contributed by atoms with van der Waals surface area (Å²) in [5, 5.41) is 7.12. The fourth-order valence-electron chi connectivity index (χ4n) is 3.33. The maximum absolute atomic E-state index is 5.73. The van der Waals surface area contributed by atoms with Crippen molar-refractivity contribution in [1.82, 2.24) is 10.3 Å². The van der Waals surface area contributed by atoms with Crippen LogP contribution in [0.4, 0.5) is 5.82 Å². The van der Waals surface area contributed by atoms with Crippen molar-refractivity contribution in [3.63, 3.8) is 0 Å². The highest BCUT2D eigenvalue weighted by atomic mass is 15.1. The average Bonchev–Trinajstić information content (AvgIpc) is 2.92. The monoisotopic (exact) mass is 285 g/mol. The smallest absolute Gasteiger partial charge is 0.129 e. The molecule has 1 atom stereocenters. The Labute approximate surface area is 125 Å². The number of anilines is 1. The number of nitrogens with zero attached hydrogens (tertiary/aromatic N) is 2. The first-order valence-electron chi connectivity index (χ1n) is 7.51. The summed E-state index contributed by atoms with van der Waals surface area (Å²) in [6, 6.07) is 2.21. The lowest BCUT2D eigenvalue weighted by Crippen LogP contribution is -2.44. The molecule has 2 aliphatic rings. The number of rotatable bonds is 2. The van der Waals surface area contributed by atoms with Crippen LogP contribution in [-0.4, -0.2) is 36.9 Å². The average molecular weight is 285 g/mol. The van der Waals surface area contributed by atoms with Crippen molar-refractivity contribution in [2.75, 3.05) is 25.5 Å². The number of hydrogen-bond donors (Lipinski definition) is 3. The van der Waals surface area contributed by atoms with Crippen molar-refractivity contribution in [3.8, 4) is 0 Å². The number of fused-ring (bicyclic) bond motifs is 1. The number of aliphatic imine (C=N–C) groups is 1. The Kier molecular flexibility index (Phi) is 3.68. The van der Waals surface area contributed by atoms with E-state index in [0.29, 0.717) is 0 Å². The molecule has 0 aliphatic carbocycles. The third-order valence-electron chi connectivity index (χ3n) is 4.55. The number of hydrogen-bond acceptors (Lipinski definition) is 5. The molecule has 112 valence electrons. The Bertz CT molecular complexity index is 597. The number of allylic oxidation sites excluding steroid dienone is 1. The van der Waals surface area contributed by atoms with Gasteiger partial charge < -0.3 is 16.4 Å². The molecule has 1 aromatic rings. The van der Waals surface area contributed by atoms with Crippen molar-refractivity contribution in [2.45, 2.75) is 31.7 Å². The first-order chi connectivity index (χ1) is 10.2. The van der Waals surface area contributed by atoms with Gasteiger partial charge in [0.05, 0.1) is 5.54 Å². The van der Waals surface area contributed by atoms with E-state index in [1.165, 1.54) is 12.0 Å². The summed E-state index contributed by atoms with van der Waals surface area (Å²) in [4.78, 5) is 8.86. The highest BCUT2D eigenvalue weighted by Gasteiger charge is 2.37. The molecular formula is C16H23N5. The molecule has 0 radical (unpaired) electrons. The molecule has 5 nitrogen and oxygen atoms in total. The molecule has 0 amide bonds. The zero-order valence-electron chi connectivity index (χ0n) is 12.7. The molecule has 1 unspecified atom stereocenters. The molecule has 1 saturated heterocycles. The molecule has 1 fully saturated rings. The van der Waals surface area contributed by atoms with E-state index in [0.717, 1.165) is 48.6 Å². The molecule has 4 N–H and O–H groups in total. The lowest BCUT2D eigenvalue weighted by Gasteiger charge is -2.36. The van der Waals surface area contributed by atoms with Crippen LogP contribution < -0.4 is 16.4 Å². The second-order valence-electron chi connectivity index (χ2n) is 5.97. The van der Waals surface area contributed by atoms with Gasteiger partial charge in [0.15, 0.2) is 0 Å². The number of nitrogens with two attached hydrogens (primary N) is 1. The Morgan fingerprint density at radius 2 is 2.33 bits per heavy atom. The van der Waals surface area contributed by atoms with Gasteiger partial charge in [0, 0.05) is 42.8 Å². The Morgan fingerprint density at radius 3 is 3.00 bits per heavy atom. The van der Waals surface area contributed by atoms with E-state index in [1.54, 1.807) is 19.5 Å². The fraction of sp³-hybridized carbons (Fsp3) is 0.500. The van der Waals surface area contributed by atoms with Gasteiger partial charge in [0.1, 0.15) is 5.82 Å². The van der Waals surface area contributed by atoms with E-state index in [9.17, 15) is 0 Å². The van der Waals surface area contributed by atoms with E-state index in [2.05, 4.69) is 21.7 Å². The van der Waals surface area contributed by atoms with Gasteiger partial charge in [0.25, 0.3) is 0 Å². The first kappa shape index (κ1) is 14.1. The number of aromatic nitrogens is 1. The van der Waals surface area contributed by atoms with E-state index in [1.807, 2.05) is 6.92 Å². The van der Waals surface area contributed by atoms with Crippen LogP contribution in [0.25, 0.3) is 5.57 Å². The van der Waals surface area contributed by atoms with Crippen LogP contribution in [0.5, 0.6) is 0 Å². The first-order valence-corrected chi connectivity index (χ1v) is 7.51. The van der Waals surface area contributed by atoms with Gasteiger partial charge in [-0.15, -0.1) is 0 Å². The summed E-state index contributed by atoms with van der Waals surface area (Å²) >= 11 is 0. The second-order valence-corrected chi connectivity index (χ2v) is 5.97. The van der Waals surface area contributed by atoms with E-state index < -0.39 is 0 Å². The Morgan fingerprint density at radius 1 is 1.48 bits per heavy atom. The summed E-state index contributed by atoms with van der Waals surface area (Å²) in [7, 11) is 1.75. The van der Waals surface area contributed by atoms with Crippen LogP contribution in [0.15, 0.2) is 17.3 Å². The molecule has 5 heteroatoms. The zero-order valence-corrected chi connectivity index (χ0v) is 12.7. The van der Waals surface area contributed by atoms with Gasteiger partial charge in [-0.2, -0.15) is 0 Å². The summed E-state index contributed by atoms with van der Waals surface area (Å²) in [5.41, 5.74) is 10.2. The molecule has 0 bridgehead atoms. The minimum Gasteiger partial charge on any atom is -0.404 e. The van der Waals surface area contributed by atoms with Crippen LogP contribution in [0.1, 0.15) is 29.7 Å². The van der Waals surface area contributed by atoms with E-state index >= 15 is 0 Å². The fourth-order valence-corrected chi connectivity index (χ4v) is 3.33. The van der Waals surface area contributed by atoms with Gasteiger partial charge in [-0.1, -0.05) is 0 Å². The van der Waals surface area contributed by atoms with Crippen molar-refractivity contribution in [3.05, 3.63) is 29.1 Å². The van der Waals surface area contributed by atoms with Gasteiger partial charge in [-0.05, 0) is 44.4 Å². The largest absolute Gasteiger partial charge is 0.404 e. The summed E-state index contributed by atoms with van der Waals surface area (Å²) in [5.74, 6) is 1.04. The lowest BCUT2D eigenvalue weighted by molar-refractivity contribution is 0.454. The molecule has 2 aliphatic heterocycles. The third-order valence-corrected chi connectivity index (χ3v) is 4.55. The van der Waals surface area contributed by atoms with E-state index in [-0.39, 0.29) is 5.54 Å². The minimum absolute atomic E-state index is 0.200. The van der Waals surface area contributed by atoms with Crippen LogP contribution >= 0.6 is 0 Å². The topological polar surface area (TPSA) is 75.3 Å². The molecule has 3 heterocycles. The van der Waals surface area contributed by atoms with Gasteiger partial charge in [-0.3, -0.25) is 4.99 Å². The van der Waals surface area contributed by atoms with Crippen LogP contribution in [-0.2, 0) is 6.42 Å². The van der Waals surface area contributed by atoms with Crippen molar-refractivity contribution >= 4 is 17.6 Å². The van der Waals surface area contributed by atoms with Crippen molar-refractivity contribution in [2.24, 2.45) is 10.7 Å². The molecule has 0 aromatic carbocycles. The quantitative estimate of drug-likeness (QED) is 0.720. The normalized spacial score (nSPS) is 25.3. The molecule has 1 aromatic heterocycles. The van der Waals surface area contributed by atoms with Gasteiger partial charge in [-0.25, -0.2) is 4.98 Å². The van der Waals surface area contributed by atoms with Crippen molar-refractivity contribution < 1.29 is 0 Å². The predicted octanol–water partition coefficient (Wildman–Crippen LogP) is 1.48. The van der Waals surface area contributed by atoms with Crippen LogP contribution in [0, 0.1) is 6.92 Å². The third kappa shape index (κ3) is 2.53. The minimum atomic E-state index is 0.200. The number of nitrogens with one attached hydrogen (secondary N) is 2. The van der Waals surface area contributed by atoms with Gasteiger partial charge in [0.2, 0.25) is 0 Å². The second kappa shape index (κ2) is 5.48. The highest BCUT2D eigenvalue weighted by molar-refractivity contribution is 6.10. The maximum Gasteiger partial charge on any atom is 0.129 e. The molecule has 1 spiro atoms. The molecule has 3 rings (SSSR count). The SMILES string of the molecule is CN=CC(=CN)c1cc2c(nc1C)NC1(CCNC1)CC2. The van der Waals surface area contributed by atoms with E-state index in [4.69, 9.17) is 10.7 Å². The molecule has 21 heavy (non-hydrogen) atoms. The standard InChI is InChI=1S/C16H23N5/c1-11-14(13(8-17)9-18-2)7-12-3-4-16(5-6-19-10-16)21-15(12)20-11/h7-9,19H,3-6,10,17H2,1-2H3,(H,20,21). The Balaban J connectivity index is 1.96. The van der Waals surface area contributed by atoms with Gasteiger partial charge >= 0.3 is 0 Å². The molecule has 0 saturated carbocycles. The summed E-state index contributed by atoms with van der Waals surface area (Å²) < 4.78 is 0. The maximum atomic E-state index is 5.73. The Hall–Kier alpha value is -1.88. The summed E-state index contributed by atoms with van der Waals surface area (Å²) in [6.45, 7) is 4.15.